The molecule has 0 radical (unpaired) electrons. The SMILES string of the molecule is CCOCC(NCc1ccccc1NC(C)=O)C(C)C. The molecule has 1 atom stereocenters. The summed E-state index contributed by atoms with van der Waals surface area (Å²) in [6.07, 6.45) is 0. The van der Waals surface area contributed by atoms with Gasteiger partial charge >= 0.3 is 0 Å². The van der Waals surface area contributed by atoms with E-state index in [1.54, 1.807) is 0 Å². The van der Waals surface area contributed by atoms with E-state index in [9.17, 15) is 4.79 Å². The monoisotopic (exact) mass is 278 g/mol. The van der Waals surface area contributed by atoms with Crippen LogP contribution in [0, 0.1) is 5.92 Å². The van der Waals surface area contributed by atoms with Crippen molar-refractivity contribution in [3.05, 3.63) is 29.8 Å². The zero-order valence-corrected chi connectivity index (χ0v) is 12.9. The van der Waals surface area contributed by atoms with Crippen LogP contribution in [0.3, 0.4) is 0 Å². The number of hydrogen-bond donors (Lipinski definition) is 2. The third kappa shape index (κ3) is 5.72. The summed E-state index contributed by atoms with van der Waals surface area (Å²) in [5.74, 6) is 0.446. The largest absolute Gasteiger partial charge is 0.380 e. The van der Waals surface area contributed by atoms with Gasteiger partial charge in [0.15, 0.2) is 0 Å². The minimum Gasteiger partial charge on any atom is -0.380 e. The molecule has 0 aliphatic heterocycles. The minimum absolute atomic E-state index is 0.0489. The van der Waals surface area contributed by atoms with Crippen LogP contribution in [0.5, 0.6) is 0 Å². The summed E-state index contributed by atoms with van der Waals surface area (Å²) >= 11 is 0. The Balaban J connectivity index is 2.65. The Labute approximate surface area is 121 Å². The molecule has 0 bridgehead atoms. The van der Waals surface area contributed by atoms with Crippen molar-refractivity contribution >= 4 is 11.6 Å². The van der Waals surface area contributed by atoms with Crippen LogP contribution in [-0.4, -0.2) is 25.2 Å². The second kappa shape index (κ2) is 8.72. The van der Waals surface area contributed by atoms with E-state index in [1.165, 1.54) is 6.92 Å². The van der Waals surface area contributed by atoms with Crippen LogP contribution >= 0.6 is 0 Å². The molecule has 0 saturated heterocycles. The van der Waals surface area contributed by atoms with Crippen molar-refractivity contribution < 1.29 is 9.53 Å². The lowest BCUT2D eigenvalue weighted by Crippen LogP contribution is -2.37. The average molecular weight is 278 g/mol. The zero-order chi connectivity index (χ0) is 15.0. The summed E-state index contributed by atoms with van der Waals surface area (Å²) in [7, 11) is 0. The molecule has 20 heavy (non-hydrogen) atoms. The van der Waals surface area contributed by atoms with Crippen LogP contribution < -0.4 is 10.6 Å². The van der Waals surface area contributed by atoms with Crippen molar-refractivity contribution in [3.8, 4) is 0 Å². The van der Waals surface area contributed by atoms with E-state index >= 15 is 0 Å². The maximum absolute atomic E-state index is 11.2. The van der Waals surface area contributed by atoms with Crippen LogP contribution in [0.4, 0.5) is 5.69 Å². The molecule has 1 unspecified atom stereocenters. The van der Waals surface area contributed by atoms with Gasteiger partial charge in [0.1, 0.15) is 0 Å². The Hall–Kier alpha value is -1.39. The summed E-state index contributed by atoms with van der Waals surface area (Å²) in [4.78, 5) is 11.2. The van der Waals surface area contributed by atoms with E-state index < -0.39 is 0 Å². The first kappa shape index (κ1) is 16.7. The first-order valence-electron chi connectivity index (χ1n) is 7.21. The zero-order valence-electron chi connectivity index (χ0n) is 12.9. The number of carbonyl (C=O) groups excluding carboxylic acids is 1. The van der Waals surface area contributed by atoms with Gasteiger partial charge in [-0.3, -0.25) is 4.79 Å². The molecule has 112 valence electrons. The third-order valence-corrected chi connectivity index (χ3v) is 3.19. The second-order valence-electron chi connectivity index (χ2n) is 5.23. The summed E-state index contributed by atoms with van der Waals surface area (Å²) < 4.78 is 5.51. The number of anilines is 1. The molecular formula is C16H26N2O2. The highest BCUT2D eigenvalue weighted by atomic mass is 16.5. The molecule has 2 N–H and O–H groups in total. The number of amides is 1. The quantitative estimate of drug-likeness (QED) is 0.769. The van der Waals surface area contributed by atoms with Gasteiger partial charge < -0.3 is 15.4 Å². The van der Waals surface area contributed by atoms with Crippen LogP contribution in [-0.2, 0) is 16.1 Å². The summed E-state index contributed by atoms with van der Waals surface area (Å²) in [6.45, 7) is 10.0. The molecule has 1 aromatic rings. The first-order valence-corrected chi connectivity index (χ1v) is 7.21. The van der Waals surface area contributed by atoms with E-state index in [1.807, 2.05) is 31.2 Å². The maximum Gasteiger partial charge on any atom is 0.221 e. The van der Waals surface area contributed by atoms with Crippen molar-refractivity contribution in [1.82, 2.24) is 5.32 Å². The van der Waals surface area contributed by atoms with E-state index in [-0.39, 0.29) is 5.91 Å². The normalized spacial score (nSPS) is 12.4. The Bertz CT molecular complexity index is 419. The number of ether oxygens (including phenoxy) is 1. The molecule has 0 spiro atoms. The molecule has 0 aromatic heterocycles. The smallest absolute Gasteiger partial charge is 0.221 e. The fourth-order valence-corrected chi connectivity index (χ4v) is 1.96. The molecule has 0 fully saturated rings. The van der Waals surface area contributed by atoms with Gasteiger partial charge in [0.25, 0.3) is 0 Å². The average Bonchev–Trinajstić information content (AvgIpc) is 2.39. The first-order chi connectivity index (χ1) is 9.54. The topological polar surface area (TPSA) is 50.4 Å². The van der Waals surface area contributed by atoms with Gasteiger partial charge in [-0.25, -0.2) is 0 Å². The predicted molar refractivity (Wildman–Crippen MR) is 82.7 cm³/mol. The van der Waals surface area contributed by atoms with Gasteiger partial charge in [0.2, 0.25) is 5.91 Å². The lowest BCUT2D eigenvalue weighted by molar-refractivity contribution is -0.114. The highest BCUT2D eigenvalue weighted by Crippen LogP contribution is 2.15. The number of carbonyl (C=O) groups is 1. The summed E-state index contributed by atoms with van der Waals surface area (Å²) in [5, 5.41) is 6.37. The number of benzene rings is 1. The highest BCUT2D eigenvalue weighted by Gasteiger charge is 2.13. The molecule has 1 amide bonds. The number of hydrogen-bond acceptors (Lipinski definition) is 3. The number of para-hydroxylation sites is 1. The van der Waals surface area contributed by atoms with Crippen molar-refractivity contribution in [1.29, 1.82) is 0 Å². The van der Waals surface area contributed by atoms with Gasteiger partial charge in [0.05, 0.1) is 6.61 Å². The molecular weight excluding hydrogens is 252 g/mol. The number of nitrogens with one attached hydrogen (secondary N) is 2. The van der Waals surface area contributed by atoms with Crippen molar-refractivity contribution in [2.45, 2.75) is 40.3 Å². The fourth-order valence-electron chi connectivity index (χ4n) is 1.96. The van der Waals surface area contributed by atoms with Crippen LogP contribution in [0.1, 0.15) is 33.3 Å². The second-order valence-corrected chi connectivity index (χ2v) is 5.23. The van der Waals surface area contributed by atoms with Crippen LogP contribution in [0.15, 0.2) is 24.3 Å². The van der Waals surface area contributed by atoms with Crippen molar-refractivity contribution in [2.24, 2.45) is 5.92 Å². The van der Waals surface area contributed by atoms with Gasteiger partial charge in [-0.2, -0.15) is 0 Å². The molecule has 0 aliphatic carbocycles. The number of rotatable bonds is 8. The summed E-state index contributed by atoms with van der Waals surface area (Å²) in [5.41, 5.74) is 1.95. The van der Waals surface area contributed by atoms with E-state index in [4.69, 9.17) is 4.74 Å². The maximum atomic E-state index is 11.2. The van der Waals surface area contributed by atoms with E-state index in [2.05, 4.69) is 24.5 Å². The molecule has 1 aromatic carbocycles. The lowest BCUT2D eigenvalue weighted by atomic mass is 10.0. The Kier molecular flexibility index (Phi) is 7.26. The van der Waals surface area contributed by atoms with Gasteiger partial charge in [-0.05, 0) is 24.5 Å². The van der Waals surface area contributed by atoms with E-state index in [0.717, 1.165) is 17.9 Å². The molecule has 0 aliphatic rings. The van der Waals surface area contributed by atoms with Crippen LogP contribution in [0.25, 0.3) is 0 Å². The van der Waals surface area contributed by atoms with Crippen molar-refractivity contribution in [3.63, 3.8) is 0 Å². The van der Waals surface area contributed by atoms with Gasteiger partial charge in [-0.1, -0.05) is 32.0 Å². The van der Waals surface area contributed by atoms with Crippen molar-refractivity contribution in [2.75, 3.05) is 18.5 Å². The molecule has 0 heterocycles. The Morgan fingerprint density at radius 3 is 2.60 bits per heavy atom. The summed E-state index contributed by atoms with van der Waals surface area (Å²) in [6, 6.07) is 8.16. The standard InChI is InChI=1S/C16H26N2O2/c1-5-20-11-16(12(2)3)17-10-14-8-6-7-9-15(14)18-13(4)19/h6-9,12,16-17H,5,10-11H2,1-4H3,(H,18,19). The molecule has 1 rings (SSSR count). The molecule has 4 heteroatoms. The predicted octanol–water partition coefficient (Wildman–Crippen LogP) is 2.80. The van der Waals surface area contributed by atoms with Gasteiger partial charge in [0, 0.05) is 31.8 Å². The van der Waals surface area contributed by atoms with Gasteiger partial charge in [-0.15, -0.1) is 0 Å². The lowest BCUT2D eigenvalue weighted by Gasteiger charge is -2.23. The van der Waals surface area contributed by atoms with Crippen LogP contribution in [0.2, 0.25) is 0 Å². The Morgan fingerprint density at radius 2 is 2.00 bits per heavy atom. The van der Waals surface area contributed by atoms with E-state index in [0.29, 0.717) is 25.1 Å². The fraction of sp³-hybridized carbons (Fsp3) is 0.562. The molecule has 4 nitrogen and oxygen atoms in total. The Morgan fingerprint density at radius 1 is 1.30 bits per heavy atom. The minimum atomic E-state index is -0.0489. The highest BCUT2D eigenvalue weighted by molar-refractivity contribution is 5.89. The third-order valence-electron chi connectivity index (χ3n) is 3.19. The molecule has 0 saturated carbocycles.